The number of halogens is 1. The molecule has 3 heteroatoms. The Morgan fingerprint density at radius 3 is 2.63 bits per heavy atom. The molecule has 0 aliphatic carbocycles. The normalized spacial score (nSPS) is 17.3. The Balaban J connectivity index is 1.79. The number of hydrogen-bond donors (Lipinski definition) is 0. The SMILES string of the molecule is Cc1c(F)cccc1-c1ccc(OCC2CO2)cc1. The van der Waals surface area contributed by atoms with Crippen LogP contribution in [0.5, 0.6) is 5.75 Å². The van der Waals surface area contributed by atoms with Crippen molar-refractivity contribution < 1.29 is 13.9 Å². The molecule has 2 aromatic rings. The first-order chi connectivity index (χ1) is 9.24. The van der Waals surface area contributed by atoms with E-state index in [1.807, 2.05) is 30.3 Å². The van der Waals surface area contributed by atoms with Crippen LogP contribution in [0.3, 0.4) is 0 Å². The van der Waals surface area contributed by atoms with Crippen LogP contribution in [0.15, 0.2) is 42.5 Å². The number of benzene rings is 2. The largest absolute Gasteiger partial charge is 0.491 e. The summed E-state index contributed by atoms with van der Waals surface area (Å²) in [7, 11) is 0. The topological polar surface area (TPSA) is 21.8 Å². The predicted molar refractivity (Wildman–Crippen MR) is 71.8 cm³/mol. The molecule has 1 saturated heterocycles. The molecule has 1 unspecified atom stereocenters. The molecule has 1 aliphatic heterocycles. The van der Waals surface area contributed by atoms with Crippen molar-refractivity contribution in [2.45, 2.75) is 13.0 Å². The molecule has 1 atom stereocenters. The van der Waals surface area contributed by atoms with Gasteiger partial charge in [0.1, 0.15) is 24.3 Å². The molecule has 0 amide bonds. The Morgan fingerprint density at radius 1 is 1.21 bits per heavy atom. The zero-order valence-corrected chi connectivity index (χ0v) is 10.7. The van der Waals surface area contributed by atoms with Gasteiger partial charge >= 0.3 is 0 Å². The molecule has 0 radical (unpaired) electrons. The quantitative estimate of drug-likeness (QED) is 0.782. The van der Waals surface area contributed by atoms with Crippen molar-refractivity contribution in [3.05, 3.63) is 53.8 Å². The number of rotatable bonds is 4. The summed E-state index contributed by atoms with van der Waals surface area (Å²) in [6.07, 6.45) is 0.255. The fraction of sp³-hybridized carbons (Fsp3) is 0.250. The Bertz CT molecular complexity index is 574. The highest BCUT2D eigenvalue weighted by Gasteiger charge is 2.22. The average Bonchev–Trinajstić information content (AvgIpc) is 3.25. The smallest absolute Gasteiger partial charge is 0.126 e. The van der Waals surface area contributed by atoms with E-state index in [0.717, 1.165) is 23.5 Å². The number of hydrogen-bond acceptors (Lipinski definition) is 2. The molecule has 1 aliphatic rings. The first-order valence-electron chi connectivity index (χ1n) is 6.34. The lowest BCUT2D eigenvalue weighted by molar-refractivity contribution is 0.263. The third-order valence-corrected chi connectivity index (χ3v) is 3.27. The summed E-state index contributed by atoms with van der Waals surface area (Å²) in [5.74, 6) is 0.636. The van der Waals surface area contributed by atoms with E-state index in [0.29, 0.717) is 12.2 Å². The van der Waals surface area contributed by atoms with E-state index in [9.17, 15) is 4.39 Å². The molecular formula is C16H15FO2. The van der Waals surface area contributed by atoms with Gasteiger partial charge in [-0.2, -0.15) is 0 Å². The maximum Gasteiger partial charge on any atom is 0.126 e. The van der Waals surface area contributed by atoms with E-state index in [1.165, 1.54) is 6.07 Å². The number of epoxide rings is 1. The summed E-state index contributed by atoms with van der Waals surface area (Å²) in [4.78, 5) is 0. The second kappa shape index (κ2) is 5.02. The van der Waals surface area contributed by atoms with Crippen LogP contribution in [-0.4, -0.2) is 19.3 Å². The highest BCUT2D eigenvalue weighted by molar-refractivity contribution is 5.67. The lowest BCUT2D eigenvalue weighted by Gasteiger charge is -2.08. The predicted octanol–water partition coefficient (Wildman–Crippen LogP) is 3.58. The zero-order valence-electron chi connectivity index (χ0n) is 10.7. The molecule has 19 heavy (non-hydrogen) atoms. The van der Waals surface area contributed by atoms with Crippen molar-refractivity contribution in [2.24, 2.45) is 0 Å². The van der Waals surface area contributed by atoms with Gasteiger partial charge in [-0.3, -0.25) is 0 Å². The van der Waals surface area contributed by atoms with Crippen molar-refractivity contribution in [3.8, 4) is 16.9 Å². The second-order valence-corrected chi connectivity index (χ2v) is 4.70. The van der Waals surface area contributed by atoms with Gasteiger partial charge < -0.3 is 9.47 Å². The third-order valence-electron chi connectivity index (χ3n) is 3.27. The molecule has 1 fully saturated rings. The molecule has 98 valence electrons. The first kappa shape index (κ1) is 12.2. The third kappa shape index (κ3) is 2.76. The summed E-state index contributed by atoms with van der Waals surface area (Å²) in [6.45, 7) is 3.18. The minimum Gasteiger partial charge on any atom is -0.491 e. The highest BCUT2D eigenvalue weighted by Crippen LogP contribution is 2.27. The maximum absolute atomic E-state index is 13.5. The summed E-state index contributed by atoms with van der Waals surface area (Å²) < 4.78 is 24.2. The van der Waals surface area contributed by atoms with E-state index >= 15 is 0 Å². The molecule has 0 N–H and O–H groups in total. The van der Waals surface area contributed by atoms with Crippen LogP contribution in [0, 0.1) is 12.7 Å². The summed E-state index contributed by atoms with van der Waals surface area (Å²) in [5, 5.41) is 0. The lowest BCUT2D eigenvalue weighted by Crippen LogP contribution is -2.03. The monoisotopic (exact) mass is 258 g/mol. The minimum absolute atomic E-state index is 0.177. The van der Waals surface area contributed by atoms with E-state index in [-0.39, 0.29) is 11.9 Å². The van der Waals surface area contributed by atoms with Crippen LogP contribution in [0.25, 0.3) is 11.1 Å². The molecule has 0 saturated carbocycles. The standard InChI is InChI=1S/C16H15FO2/c1-11-15(3-2-4-16(11)17)12-5-7-13(8-6-12)18-9-14-10-19-14/h2-8,14H,9-10H2,1H3. The lowest BCUT2D eigenvalue weighted by atomic mass is 10.0. The second-order valence-electron chi connectivity index (χ2n) is 4.70. The van der Waals surface area contributed by atoms with Gasteiger partial charge in [-0.15, -0.1) is 0 Å². The van der Waals surface area contributed by atoms with Crippen LogP contribution in [-0.2, 0) is 4.74 Å². The van der Waals surface area contributed by atoms with Gasteiger partial charge in [-0.25, -0.2) is 4.39 Å². The van der Waals surface area contributed by atoms with E-state index in [1.54, 1.807) is 13.0 Å². The molecule has 2 nitrogen and oxygen atoms in total. The van der Waals surface area contributed by atoms with Gasteiger partial charge in [0, 0.05) is 0 Å². The number of ether oxygens (including phenoxy) is 2. The molecule has 0 bridgehead atoms. The van der Waals surface area contributed by atoms with Gasteiger partial charge in [0.2, 0.25) is 0 Å². The van der Waals surface area contributed by atoms with Crippen LogP contribution < -0.4 is 4.74 Å². The van der Waals surface area contributed by atoms with Crippen molar-refractivity contribution in [1.29, 1.82) is 0 Å². The summed E-state index contributed by atoms with van der Waals surface area (Å²) >= 11 is 0. The van der Waals surface area contributed by atoms with Crippen LogP contribution in [0.2, 0.25) is 0 Å². The van der Waals surface area contributed by atoms with Crippen molar-refractivity contribution in [2.75, 3.05) is 13.2 Å². The van der Waals surface area contributed by atoms with Gasteiger partial charge in [0.25, 0.3) is 0 Å². The van der Waals surface area contributed by atoms with Gasteiger partial charge in [0.05, 0.1) is 6.61 Å². The van der Waals surface area contributed by atoms with Crippen molar-refractivity contribution in [3.63, 3.8) is 0 Å². The van der Waals surface area contributed by atoms with Crippen LogP contribution >= 0.6 is 0 Å². The summed E-state index contributed by atoms with van der Waals surface area (Å²) in [6, 6.07) is 12.8. The van der Waals surface area contributed by atoms with Gasteiger partial charge in [-0.05, 0) is 41.8 Å². The van der Waals surface area contributed by atoms with Crippen molar-refractivity contribution in [1.82, 2.24) is 0 Å². The fourth-order valence-corrected chi connectivity index (χ4v) is 2.00. The average molecular weight is 258 g/mol. The minimum atomic E-state index is -0.177. The van der Waals surface area contributed by atoms with E-state index in [2.05, 4.69) is 0 Å². The highest BCUT2D eigenvalue weighted by atomic mass is 19.1. The fourth-order valence-electron chi connectivity index (χ4n) is 2.00. The van der Waals surface area contributed by atoms with E-state index in [4.69, 9.17) is 9.47 Å². The Kier molecular flexibility index (Phi) is 3.22. The van der Waals surface area contributed by atoms with Gasteiger partial charge in [-0.1, -0.05) is 24.3 Å². The molecule has 0 aromatic heterocycles. The molecular weight excluding hydrogens is 243 g/mol. The maximum atomic E-state index is 13.5. The molecule has 1 heterocycles. The Morgan fingerprint density at radius 2 is 1.95 bits per heavy atom. The Hall–Kier alpha value is -1.87. The van der Waals surface area contributed by atoms with E-state index < -0.39 is 0 Å². The van der Waals surface area contributed by atoms with Crippen molar-refractivity contribution >= 4 is 0 Å². The van der Waals surface area contributed by atoms with Crippen LogP contribution in [0.1, 0.15) is 5.56 Å². The zero-order chi connectivity index (χ0) is 13.2. The summed E-state index contributed by atoms with van der Waals surface area (Å²) in [5.41, 5.74) is 2.58. The molecule has 3 rings (SSSR count). The molecule has 2 aromatic carbocycles. The molecule has 0 spiro atoms. The first-order valence-corrected chi connectivity index (χ1v) is 6.34. The van der Waals surface area contributed by atoms with Gasteiger partial charge in [0.15, 0.2) is 0 Å². The Labute approximate surface area is 111 Å². The van der Waals surface area contributed by atoms with Crippen LogP contribution in [0.4, 0.5) is 4.39 Å².